The van der Waals surface area contributed by atoms with E-state index < -0.39 is 106 Å². The number of hydrogen-bond acceptors (Lipinski definition) is 14. The Balaban J connectivity index is 1.33. The van der Waals surface area contributed by atoms with E-state index in [1.165, 1.54) is 25.2 Å². The number of halogens is 1. The lowest BCUT2D eigenvalue weighted by Gasteiger charge is -2.62. The van der Waals surface area contributed by atoms with Crippen LogP contribution in [0.3, 0.4) is 0 Å². The summed E-state index contributed by atoms with van der Waals surface area (Å²) in [6, 6.07) is 0. The maximum absolute atomic E-state index is 17.2. The molecule has 17 nitrogen and oxygen atoms in total. The van der Waals surface area contributed by atoms with Crippen molar-refractivity contribution >= 4 is 23.4 Å². The van der Waals surface area contributed by atoms with Crippen LogP contribution in [0.5, 0.6) is 0 Å². The lowest BCUT2D eigenvalue weighted by Crippen LogP contribution is -2.69. The van der Waals surface area contributed by atoms with Crippen LogP contribution in [0.4, 0.5) is 4.39 Å². The highest BCUT2D eigenvalue weighted by atomic mass is 19.1. The van der Waals surface area contributed by atoms with Crippen LogP contribution in [0, 0.1) is 42.9 Å². The third kappa shape index (κ3) is 6.32. The molecule has 1 amide bonds. The van der Waals surface area contributed by atoms with Crippen molar-refractivity contribution in [3.05, 3.63) is 44.0 Å². The maximum Gasteiger partial charge on any atom is 0.325 e. The summed E-state index contributed by atoms with van der Waals surface area (Å²) in [5.41, 5.74) is -7.01. The van der Waals surface area contributed by atoms with Crippen molar-refractivity contribution in [2.75, 3.05) is 19.8 Å². The molecule has 0 spiro atoms. The number of nitrogens with one attached hydrogen (secondary N) is 1. The molecule has 0 saturated heterocycles. The van der Waals surface area contributed by atoms with E-state index in [4.69, 9.17) is 4.74 Å². The van der Waals surface area contributed by atoms with Gasteiger partial charge in [-0.2, -0.15) is 0 Å². The van der Waals surface area contributed by atoms with Gasteiger partial charge in [0.25, 0.3) is 10.2 Å². The number of hydrogen-bond donors (Lipinski definition) is 4. The van der Waals surface area contributed by atoms with Crippen LogP contribution >= 0.6 is 0 Å². The quantitative estimate of drug-likeness (QED) is 0.110. The topological polar surface area (TPSA) is 255 Å². The van der Waals surface area contributed by atoms with Crippen molar-refractivity contribution in [2.24, 2.45) is 22.7 Å². The Kier molecular flexibility index (Phi) is 10.1. The maximum atomic E-state index is 17.2. The molecule has 9 atom stereocenters. The second-order valence-corrected chi connectivity index (χ2v) is 13.0. The average Bonchev–Trinajstić information content (AvgIpc) is 3.19. The zero-order valence-corrected chi connectivity index (χ0v) is 25.8. The van der Waals surface area contributed by atoms with Gasteiger partial charge in [-0.1, -0.05) is 18.6 Å². The largest absolute Gasteiger partial charge is 0.456 e. The predicted octanol–water partition coefficient (Wildman–Crippen LogP) is 0.243. The molecule has 0 aliphatic heterocycles. The van der Waals surface area contributed by atoms with E-state index in [9.17, 15) is 54.7 Å². The van der Waals surface area contributed by atoms with Crippen molar-refractivity contribution in [2.45, 2.75) is 88.4 Å². The average molecular weight is 672 g/mol. The fraction of sp³-hybridized carbons (Fsp3) is 0.724. The molecule has 4 aliphatic carbocycles. The zero-order valence-electron chi connectivity index (χ0n) is 25.8. The number of alkyl halides is 1. The molecular formula is C29H38FN3O14. The van der Waals surface area contributed by atoms with Gasteiger partial charge in [0.15, 0.2) is 23.7 Å². The molecule has 4 aliphatic rings. The molecule has 0 heterocycles. The lowest BCUT2D eigenvalue weighted by atomic mass is 9.44. The number of esters is 1. The van der Waals surface area contributed by atoms with Crippen LogP contribution in [-0.4, -0.2) is 98.3 Å². The second-order valence-electron chi connectivity index (χ2n) is 13.0. The Morgan fingerprint density at radius 1 is 1.15 bits per heavy atom. The van der Waals surface area contributed by atoms with E-state index in [2.05, 4.69) is 15.0 Å². The number of nitrogens with zero attached hydrogens (tertiary/aromatic N) is 2. The van der Waals surface area contributed by atoms with E-state index in [0.717, 1.165) is 0 Å². The normalized spacial score (nSPS) is 36.1. The summed E-state index contributed by atoms with van der Waals surface area (Å²) in [7, 11) is 0. The number of carbonyl (C=O) groups excluding carboxylic acids is 4. The van der Waals surface area contributed by atoms with E-state index in [-0.39, 0.29) is 37.9 Å². The minimum Gasteiger partial charge on any atom is -0.456 e. The molecule has 47 heavy (non-hydrogen) atoms. The van der Waals surface area contributed by atoms with Gasteiger partial charge in [-0.15, -0.1) is 20.2 Å². The fourth-order valence-corrected chi connectivity index (χ4v) is 8.22. The van der Waals surface area contributed by atoms with Crippen LogP contribution in [0.2, 0.25) is 0 Å². The molecule has 0 radical (unpaired) electrons. The fourth-order valence-electron chi connectivity index (χ4n) is 8.22. The first-order valence-electron chi connectivity index (χ1n) is 15.2. The Morgan fingerprint density at radius 3 is 2.51 bits per heavy atom. The van der Waals surface area contributed by atoms with Gasteiger partial charge in [0.2, 0.25) is 11.7 Å². The number of rotatable bonds is 14. The van der Waals surface area contributed by atoms with Gasteiger partial charge in [0, 0.05) is 23.2 Å². The van der Waals surface area contributed by atoms with Crippen LogP contribution in [-0.2, 0) is 33.6 Å². The summed E-state index contributed by atoms with van der Waals surface area (Å²) in [6.07, 6.45) is -1.000. The van der Waals surface area contributed by atoms with Crippen molar-refractivity contribution in [1.82, 2.24) is 5.32 Å². The molecule has 0 aromatic carbocycles. The number of Topliss-reactive ketones (excluding diaryl/α,β-unsaturated/α-hetero) is 1. The Hall–Kier alpha value is -4.03. The van der Waals surface area contributed by atoms with Crippen LogP contribution in [0.25, 0.3) is 0 Å². The van der Waals surface area contributed by atoms with E-state index in [1.807, 2.05) is 0 Å². The highest BCUT2D eigenvalue weighted by Gasteiger charge is 2.76. The molecule has 0 aromatic heterocycles. The standard InChI is InChI=1S/C29H38FN3O14/c1-26-9-8-17(34)10-16(26)6-7-19-20-11-21(35)29(40,27(20,2)12-22(36)28(19,26)30)23(37)15-45-25(39)13-31-24(38)5-3-4-18(47-33(43)44)14-46-32(41)42/h8-10,18-22,35-36,40H,3-7,11-15H2,1-2H3,(H,31,38)/t18?,19?,20?,21-,22+,26+,27+,28+,29+/m1/s1. The SMILES string of the molecule is C[C@]12C=CC(=O)C=C1CCC1C3C[C@@H](O)[C@](O)(C(=O)COC(=O)CNC(=O)CCCC(CO[N+](=O)[O-])O[N+](=O)[O-])[C@@]3(C)C[C@H](O)[C@@]12F. The zero-order chi connectivity index (χ0) is 34.9. The van der Waals surface area contributed by atoms with Gasteiger partial charge in [0.05, 0.1) is 12.2 Å². The van der Waals surface area contributed by atoms with Crippen molar-refractivity contribution in [1.29, 1.82) is 0 Å². The van der Waals surface area contributed by atoms with E-state index in [0.29, 0.717) is 12.0 Å². The summed E-state index contributed by atoms with van der Waals surface area (Å²) in [5.74, 6) is -4.73. The van der Waals surface area contributed by atoms with Gasteiger partial charge in [-0.25, -0.2) is 4.39 Å². The highest BCUT2D eigenvalue weighted by molar-refractivity contribution is 6.01. The van der Waals surface area contributed by atoms with E-state index in [1.54, 1.807) is 6.92 Å². The highest BCUT2D eigenvalue weighted by Crippen LogP contribution is 2.69. The van der Waals surface area contributed by atoms with E-state index >= 15 is 4.39 Å². The molecular weight excluding hydrogens is 633 g/mol. The van der Waals surface area contributed by atoms with Gasteiger partial charge in [-0.3, -0.25) is 19.2 Å². The molecule has 3 saturated carbocycles. The summed E-state index contributed by atoms with van der Waals surface area (Å²) < 4.78 is 22.2. The molecule has 260 valence electrons. The van der Waals surface area contributed by atoms with Crippen molar-refractivity contribution in [3.8, 4) is 0 Å². The Morgan fingerprint density at radius 2 is 1.85 bits per heavy atom. The van der Waals surface area contributed by atoms with Gasteiger partial charge in [-0.05, 0) is 63.5 Å². The lowest BCUT2D eigenvalue weighted by molar-refractivity contribution is -0.790. The van der Waals surface area contributed by atoms with Crippen LogP contribution < -0.4 is 5.32 Å². The summed E-state index contributed by atoms with van der Waals surface area (Å²) in [5, 5.41) is 54.9. The van der Waals surface area contributed by atoms with Gasteiger partial charge >= 0.3 is 5.97 Å². The number of fused-ring (bicyclic) bond motifs is 5. The van der Waals surface area contributed by atoms with Crippen molar-refractivity contribution < 1.29 is 63.5 Å². The number of aliphatic hydroxyl groups excluding tert-OH is 2. The first-order chi connectivity index (χ1) is 21.9. The summed E-state index contributed by atoms with van der Waals surface area (Å²) in [4.78, 5) is 79.0. The smallest absolute Gasteiger partial charge is 0.325 e. The van der Waals surface area contributed by atoms with Gasteiger partial charge < -0.3 is 35.0 Å². The number of ketones is 2. The molecule has 18 heteroatoms. The molecule has 0 bridgehead atoms. The monoisotopic (exact) mass is 671 g/mol. The second kappa shape index (κ2) is 13.2. The minimum atomic E-state index is -2.50. The number of ether oxygens (including phenoxy) is 1. The Bertz CT molecular complexity index is 1390. The predicted molar refractivity (Wildman–Crippen MR) is 152 cm³/mol. The number of aliphatic hydroxyl groups is 3. The summed E-state index contributed by atoms with van der Waals surface area (Å²) in [6.45, 7) is 0.689. The van der Waals surface area contributed by atoms with Crippen molar-refractivity contribution in [3.63, 3.8) is 0 Å². The molecule has 4 rings (SSSR count). The first kappa shape index (κ1) is 35.8. The first-order valence-corrected chi connectivity index (χ1v) is 15.2. The minimum absolute atomic E-state index is 0.0260. The molecule has 3 unspecified atom stereocenters. The third-order valence-electron chi connectivity index (χ3n) is 10.6. The van der Waals surface area contributed by atoms with Crippen LogP contribution in [0.15, 0.2) is 23.8 Å². The number of allylic oxidation sites excluding steroid dienone is 4. The summed E-state index contributed by atoms with van der Waals surface area (Å²) >= 11 is 0. The Labute approximate surface area is 267 Å². The van der Waals surface area contributed by atoms with Gasteiger partial charge in [0.1, 0.15) is 19.3 Å². The molecule has 3 fully saturated rings. The molecule has 0 aromatic rings. The number of carbonyl (C=O) groups is 4. The third-order valence-corrected chi connectivity index (χ3v) is 10.6. The number of amides is 1. The van der Waals surface area contributed by atoms with Crippen LogP contribution in [0.1, 0.15) is 58.8 Å². The molecule has 4 N–H and O–H groups in total.